The van der Waals surface area contributed by atoms with Gasteiger partial charge >= 0.3 is 0 Å². The second-order valence-corrected chi connectivity index (χ2v) is 7.67. The minimum Gasteiger partial charge on any atom is -0.357 e. The van der Waals surface area contributed by atoms with Crippen molar-refractivity contribution >= 4 is 15.8 Å². The third kappa shape index (κ3) is 6.80. The average Bonchev–Trinajstić information content (AvgIpc) is 2.32. The molecular weight excluding hydrogens is 262 g/mol. The van der Waals surface area contributed by atoms with Gasteiger partial charge in [0.2, 0.25) is 0 Å². The smallest absolute Gasteiger partial charge is 0.193 e. The normalized spacial score (nSPS) is 21.5. The van der Waals surface area contributed by atoms with Crippen molar-refractivity contribution in [3.8, 4) is 0 Å². The number of guanidine groups is 1. The first-order chi connectivity index (χ1) is 8.92. The molecule has 112 valence electrons. The third-order valence-electron chi connectivity index (χ3n) is 3.23. The molecule has 6 heteroatoms. The Kier molecular flexibility index (Phi) is 6.62. The first-order valence-corrected chi connectivity index (χ1v) is 9.19. The van der Waals surface area contributed by atoms with Gasteiger partial charge in [-0.1, -0.05) is 6.92 Å². The van der Waals surface area contributed by atoms with Gasteiger partial charge < -0.3 is 10.2 Å². The van der Waals surface area contributed by atoms with Crippen molar-refractivity contribution in [3.05, 3.63) is 0 Å². The van der Waals surface area contributed by atoms with Crippen LogP contribution in [0.1, 0.15) is 33.1 Å². The monoisotopic (exact) mass is 289 g/mol. The van der Waals surface area contributed by atoms with Gasteiger partial charge in [0.15, 0.2) is 5.96 Å². The lowest BCUT2D eigenvalue weighted by molar-refractivity contribution is 0.266. The fourth-order valence-corrected chi connectivity index (χ4v) is 2.97. The van der Waals surface area contributed by atoms with Crippen LogP contribution in [0.25, 0.3) is 0 Å². The van der Waals surface area contributed by atoms with E-state index in [9.17, 15) is 8.42 Å². The number of nitrogens with zero attached hydrogens (tertiary/aromatic N) is 2. The summed E-state index contributed by atoms with van der Waals surface area (Å²) in [4.78, 5) is 6.83. The summed E-state index contributed by atoms with van der Waals surface area (Å²) in [6.45, 7) is 7.81. The summed E-state index contributed by atoms with van der Waals surface area (Å²) in [6.07, 6.45) is 4.35. The fraction of sp³-hybridized carbons (Fsp3) is 0.923. The van der Waals surface area contributed by atoms with Crippen LogP contribution in [0.2, 0.25) is 0 Å². The largest absolute Gasteiger partial charge is 0.357 e. The molecule has 1 atom stereocenters. The Labute approximate surface area is 117 Å². The van der Waals surface area contributed by atoms with Crippen LogP contribution >= 0.6 is 0 Å². The molecule has 0 amide bonds. The minimum atomic E-state index is -2.87. The second-order valence-electron chi connectivity index (χ2n) is 5.41. The van der Waals surface area contributed by atoms with Crippen LogP contribution in [0.4, 0.5) is 0 Å². The molecule has 0 bridgehead atoms. The van der Waals surface area contributed by atoms with Gasteiger partial charge in [0, 0.05) is 32.4 Å². The van der Waals surface area contributed by atoms with Gasteiger partial charge in [0.25, 0.3) is 0 Å². The molecule has 0 aromatic carbocycles. The number of nitrogens with one attached hydrogen (secondary N) is 1. The number of sulfone groups is 1. The van der Waals surface area contributed by atoms with Gasteiger partial charge in [-0.3, -0.25) is 4.99 Å². The van der Waals surface area contributed by atoms with Gasteiger partial charge in [-0.15, -0.1) is 0 Å². The standard InChI is InChI=1S/C13H27N3O2S/c1-4-14-13(15-8-6-10-19(3,17)18)16-9-5-7-12(2)11-16/h12H,4-11H2,1-3H3,(H,14,15). The van der Waals surface area contributed by atoms with Crippen molar-refractivity contribution in [1.82, 2.24) is 10.2 Å². The lowest BCUT2D eigenvalue weighted by Crippen LogP contribution is -2.46. The summed E-state index contributed by atoms with van der Waals surface area (Å²) in [5.41, 5.74) is 0. The lowest BCUT2D eigenvalue weighted by atomic mass is 10.0. The van der Waals surface area contributed by atoms with E-state index < -0.39 is 9.84 Å². The van der Waals surface area contributed by atoms with Crippen molar-refractivity contribution < 1.29 is 8.42 Å². The Bertz CT molecular complexity index is 393. The summed E-state index contributed by atoms with van der Waals surface area (Å²) in [5, 5.41) is 3.30. The van der Waals surface area contributed by atoms with E-state index in [1.165, 1.54) is 19.1 Å². The zero-order valence-electron chi connectivity index (χ0n) is 12.4. The van der Waals surface area contributed by atoms with E-state index in [-0.39, 0.29) is 5.75 Å². The highest BCUT2D eigenvalue weighted by molar-refractivity contribution is 7.90. The molecule has 0 aliphatic carbocycles. The predicted octanol–water partition coefficient (Wildman–Crippen LogP) is 1.12. The predicted molar refractivity (Wildman–Crippen MR) is 80.3 cm³/mol. The molecule has 0 aromatic heterocycles. The maximum absolute atomic E-state index is 11.1. The lowest BCUT2D eigenvalue weighted by Gasteiger charge is -2.33. The molecule has 19 heavy (non-hydrogen) atoms. The zero-order chi connectivity index (χ0) is 14.3. The molecule has 1 rings (SSSR count). The van der Waals surface area contributed by atoms with Crippen molar-refractivity contribution in [3.63, 3.8) is 0 Å². The number of rotatable bonds is 5. The molecule has 1 aliphatic heterocycles. The molecule has 1 unspecified atom stereocenters. The number of hydrogen-bond donors (Lipinski definition) is 1. The Morgan fingerprint density at radius 2 is 2.21 bits per heavy atom. The third-order valence-corrected chi connectivity index (χ3v) is 4.26. The van der Waals surface area contributed by atoms with Gasteiger partial charge in [0.05, 0.1) is 5.75 Å². The van der Waals surface area contributed by atoms with Crippen molar-refractivity contribution in [2.45, 2.75) is 33.1 Å². The highest BCUT2D eigenvalue weighted by atomic mass is 32.2. The summed E-state index contributed by atoms with van der Waals surface area (Å²) in [6, 6.07) is 0. The molecule has 0 saturated carbocycles. The van der Waals surface area contributed by atoms with E-state index in [4.69, 9.17) is 0 Å². The van der Waals surface area contributed by atoms with Crippen molar-refractivity contribution in [2.75, 3.05) is 38.2 Å². The molecule has 1 heterocycles. The summed E-state index contributed by atoms with van der Waals surface area (Å²) >= 11 is 0. The summed E-state index contributed by atoms with van der Waals surface area (Å²) in [7, 11) is -2.87. The van der Waals surface area contributed by atoms with Crippen LogP contribution in [0.5, 0.6) is 0 Å². The van der Waals surface area contributed by atoms with Gasteiger partial charge in [-0.2, -0.15) is 0 Å². The van der Waals surface area contributed by atoms with Crippen molar-refractivity contribution in [2.24, 2.45) is 10.9 Å². The Morgan fingerprint density at radius 1 is 1.47 bits per heavy atom. The van der Waals surface area contributed by atoms with E-state index in [0.717, 1.165) is 25.6 Å². The number of hydrogen-bond acceptors (Lipinski definition) is 3. The van der Waals surface area contributed by atoms with E-state index in [0.29, 0.717) is 18.9 Å². The van der Waals surface area contributed by atoms with Gasteiger partial charge in [0.1, 0.15) is 9.84 Å². The van der Waals surface area contributed by atoms with Crippen LogP contribution < -0.4 is 5.32 Å². The molecule has 1 fully saturated rings. The molecule has 0 aromatic rings. The Hall–Kier alpha value is -0.780. The van der Waals surface area contributed by atoms with Crippen LogP contribution in [0.3, 0.4) is 0 Å². The highest BCUT2D eigenvalue weighted by Gasteiger charge is 2.18. The van der Waals surface area contributed by atoms with Crippen molar-refractivity contribution in [1.29, 1.82) is 0 Å². The number of aliphatic imine (C=N–C) groups is 1. The molecule has 1 aliphatic rings. The van der Waals surface area contributed by atoms with Gasteiger partial charge in [-0.25, -0.2) is 8.42 Å². The Balaban J connectivity index is 2.50. The fourth-order valence-electron chi connectivity index (χ4n) is 2.32. The summed E-state index contributed by atoms with van der Waals surface area (Å²) in [5.74, 6) is 1.85. The zero-order valence-corrected chi connectivity index (χ0v) is 13.2. The second kappa shape index (κ2) is 7.72. The maximum atomic E-state index is 11.1. The molecule has 0 radical (unpaired) electrons. The maximum Gasteiger partial charge on any atom is 0.193 e. The number of piperidine rings is 1. The quantitative estimate of drug-likeness (QED) is 0.468. The van der Waals surface area contributed by atoms with E-state index >= 15 is 0 Å². The van der Waals surface area contributed by atoms with Crippen LogP contribution in [0, 0.1) is 5.92 Å². The highest BCUT2D eigenvalue weighted by Crippen LogP contribution is 2.15. The molecule has 1 saturated heterocycles. The molecule has 5 nitrogen and oxygen atoms in total. The van der Waals surface area contributed by atoms with E-state index in [1.54, 1.807) is 0 Å². The minimum absolute atomic E-state index is 0.215. The number of likely N-dealkylation sites (tertiary alicyclic amines) is 1. The topological polar surface area (TPSA) is 61.8 Å². The molecule has 0 spiro atoms. The summed E-state index contributed by atoms with van der Waals surface area (Å²) < 4.78 is 22.1. The van der Waals surface area contributed by atoms with Crippen LogP contribution in [0.15, 0.2) is 4.99 Å². The van der Waals surface area contributed by atoms with Gasteiger partial charge in [-0.05, 0) is 32.1 Å². The SMILES string of the molecule is CCNC(=NCCCS(C)(=O)=O)N1CCCC(C)C1. The molecule has 1 N–H and O–H groups in total. The van der Waals surface area contributed by atoms with Crippen LogP contribution in [-0.2, 0) is 9.84 Å². The molecular formula is C13H27N3O2S. The Morgan fingerprint density at radius 3 is 2.79 bits per heavy atom. The van der Waals surface area contributed by atoms with E-state index in [2.05, 4.69) is 29.1 Å². The van der Waals surface area contributed by atoms with Crippen LogP contribution in [-0.4, -0.2) is 57.5 Å². The van der Waals surface area contributed by atoms with E-state index in [1.807, 2.05) is 0 Å². The average molecular weight is 289 g/mol. The first-order valence-electron chi connectivity index (χ1n) is 7.13. The first kappa shape index (κ1) is 16.3.